The van der Waals surface area contributed by atoms with Gasteiger partial charge in [-0.05, 0) is 5.92 Å². The number of carbonyl (C=O) groups is 1. The van der Waals surface area contributed by atoms with E-state index in [4.69, 9.17) is 10.3 Å². The van der Waals surface area contributed by atoms with E-state index in [-0.39, 0.29) is 24.6 Å². The molecule has 0 aromatic rings. The molecule has 0 atom stereocenters. The van der Waals surface area contributed by atoms with Gasteiger partial charge in [0, 0.05) is 6.42 Å². The molecule has 0 aromatic carbocycles. The van der Waals surface area contributed by atoms with Crippen LogP contribution in [0.15, 0.2) is 5.16 Å². The van der Waals surface area contributed by atoms with E-state index in [0.29, 0.717) is 12.3 Å². The van der Waals surface area contributed by atoms with Gasteiger partial charge in [0.1, 0.15) is 0 Å². The van der Waals surface area contributed by atoms with Gasteiger partial charge in [-0.1, -0.05) is 37.3 Å². The Balaban J connectivity index is 0.00000169. The molecule has 0 unspecified atom stereocenters. The summed E-state index contributed by atoms with van der Waals surface area (Å²) in [4.78, 5) is 10.5. The number of carboxylic acid groups (broad SMARTS) is 1. The van der Waals surface area contributed by atoms with Gasteiger partial charge in [0.25, 0.3) is 0 Å². The third kappa shape index (κ3) is 4.17. The van der Waals surface area contributed by atoms with Crippen LogP contribution in [-0.2, 0) is 4.79 Å². The second kappa shape index (κ2) is 6.91. The molecule has 0 radical (unpaired) electrons. The van der Waals surface area contributed by atoms with Crippen LogP contribution in [0.2, 0.25) is 0 Å². The number of rotatable bonds is 3. The molecule has 14 heavy (non-hydrogen) atoms. The number of carboxylic acids is 1. The summed E-state index contributed by atoms with van der Waals surface area (Å²) < 4.78 is 0. The van der Waals surface area contributed by atoms with Crippen LogP contribution < -0.4 is 0 Å². The molecule has 1 fully saturated rings. The maximum absolute atomic E-state index is 10.5. The molecule has 0 saturated heterocycles. The number of nitrogens with zero attached hydrogens (tertiary/aromatic N) is 1. The molecule has 0 amide bonds. The minimum atomic E-state index is -1.10. The van der Waals surface area contributed by atoms with Crippen molar-refractivity contribution in [2.75, 3.05) is 0 Å². The zero-order valence-electron chi connectivity index (χ0n) is 7.57. The first-order chi connectivity index (χ1) is 6.24. The second-order valence-electron chi connectivity index (χ2n) is 3.56. The summed E-state index contributed by atoms with van der Waals surface area (Å²) in [6.07, 6.45) is 6.12. The van der Waals surface area contributed by atoms with Gasteiger partial charge >= 0.3 is 24.8 Å². The molecule has 5 heteroatoms. The fraction of sp³-hybridized carbons (Fsp3) is 0.778. The van der Waals surface area contributed by atoms with Gasteiger partial charge in [0.15, 0.2) is 5.71 Å². The first-order valence-electron chi connectivity index (χ1n) is 4.68. The molecule has 76 valence electrons. The van der Waals surface area contributed by atoms with Crippen molar-refractivity contribution in [1.29, 1.82) is 0 Å². The van der Waals surface area contributed by atoms with Crippen molar-refractivity contribution in [1.82, 2.24) is 0 Å². The van der Waals surface area contributed by atoms with Crippen molar-refractivity contribution < 1.29 is 15.1 Å². The van der Waals surface area contributed by atoms with Crippen LogP contribution in [0.1, 0.15) is 38.5 Å². The Hall–Kier alpha value is -0.463. The third-order valence-electron chi connectivity index (χ3n) is 2.57. The molecular weight excluding hydrogens is 177 g/mol. The zero-order chi connectivity index (χ0) is 9.68. The summed E-state index contributed by atoms with van der Waals surface area (Å²) in [6.45, 7) is 0. The molecule has 0 aliphatic heterocycles. The molecular formula is C9H16LiNO3. The summed E-state index contributed by atoms with van der Waals surface area (Å²) in [5, 5.41) is 19.8. The van der Waals surface area contributed by atoms with E-state index in [2.05, 4.69) is 5.16 Å². The topological polar surface area (TPSA) is 69.9 Å². The van der Waals surface area contributed by atoms with Gasteiger partial charge in [-0.15, -0.1) is 0 Å². The number of aliphatic carboxylic acids is 1. The summed E-state index contributed by atoms with van der Waals surface area (Å²) >= 11 is 0. The van der Waals surface area contributed by atoms with E-state index in [1.54, 1.807) is 0 Å². The Morgan fingerprint density at radius 1 is 1.29 bits per heavy atom. The Morgan fingerprint density at radius 3 is 2.29 bits per heavy atom. The van der Waals surface area contributed by atoms with Crippen molar-refractivity contribution in [3.05, 3.63) is 0 Å². The normalized spacial score (nSPS) is 18.7. The van der Waals surface area contributed by atoms with Gasteiger partial charge in [0.05, 0.1) is 0 Å². The average Bonchev–Trinajstić information content (AvgIpc) is 2.15. The van der Waals surface area contributed by atoms with Crippen molar-refractivity contribution in [3.63, 3.8) is 0 Å². The minimum absolute atomic E-state index is 0. The first-order valence-corrected chi connectivity index (χ1v) is 4.68. The van der Waals surface area contributed by atoms with Gasteiger partial charge in [0.2, 0.25) is 0 Å². The average molecular weight is 193 g/mol. The van der Waals surface area contributed by atoms with Crippen LogP contribution in [0.4, 0.5) is 0 Å². The number of hydrogen-bond acceptors (Lipinski definition) is 3. The van der Waals surface area contributed by atoms with Gasteiger partial charge < -0.3 is 10.3 Å². The van der Waals surface area contributed by atoms with Gasteiger partial charge in [-0.3, -0.25) is 0 Å². The van der Waals surface area contributed by atoms with Crippen LogP contribution in [0.5, 0.6) is 0 Å². The monoisotopic (exact) mass is 193 g/mol. The van der Waals surface area contributed by atoms with Crippen LogP contribution in [-0.4, -0.2) is 40.9 Å². The second-order valence-corrected chi connectivity index (χ2v) is 3.56. The Labute approximate surface area is 95.5 Å². The third-order valence-corrected chi connectivity index (χ3v) is 2.57. The molecule has 1 aliphatic rings. The quantitative estimate of drug-likeness (QED) is 0.306. The van der Waals surface area contributed by atoms with Crippen molar-refractivity contribution in [2.45, 2.75) is 38.5 Å². The molecule has 0 heterocycles. The molecule has 1 rings (SSSR count). The van der Waals surface area contributed by atoms with E-state index in [0.717, 1.165) is 12.8 Å². The van der Waals surface area contributed by atoms with E-state index in [9.17, 15) is 4.79 Å². The summed E-state index contributed by atoms with van der Waals surface area (Å²) in [6, 6.07) is 0. The predicted molar refractivity (Wildman–Crippen MR) is 55.2 cm³/mol. The van der Waals surface area contributed by atoms with Crippen LogP contribution >= 0.6 is 0 Å². The van der Waals surface area contributed by atoms with Crippen molar-refractivity contribution in [2.24, 2.45) is 11.1 Å². The van der Waals surface area contributed by atoms with E-state index >= 15 is 0 Å². The molecule has 0 bridgehead atoms. The standard InChI is InChI=1S/C9H15NO3.Li.H/c11-9(12)8(10-13)6-7-4-2-1-3-5-7;;/h7,13H,1-6H2,(H,11,12);;. The van der Waals surface area contributed by atoms with Gasteiger partial charge in [-0.25, -0.2) is 4.79 Å². The zero-order valence-corrected chi connectivity index (χ0v) is 7.57. The van der Waals surface area contributed by atoms with E-state index < -0.39 is 5.97 Å². The number of oxime groups is 1. The summed E-state index contributed by atoms with van der Waals surface area (Å²) in [5.74, 6) is -0.705. The first kappa shape index (κ1) is 13.5. The fourth-order valence-electron chi connectivity index (χ4n) is 1.84. The number of hydrogen-bond donors (Lipinski definition) is 2. The summed E-state index contributed by atoms with van der Waals surface area (Å²) in [5.41, 5.74) is -0.105. The van der Waals surface area contributed by atoms with E-state index in [1.807, 2.05) is 0 Å². The Bertz CT molecular complexity index is 212. The van der Waals surface area contributed by atoms with Crippen molar-refractivity contribution in [3.8, 4) is 0 Å². The predicted octanol–water partition coefficient (Wildman–Crippen LogP) is 1.22. The molecule has 0 spiro atoms. The van der Waals surface area contributed by atoms with Crippen LogP contribution in [0.3, 0.4) is 0 Å². The fourth-order valence-corrected chi connectivity index (χ4v) is 1.84. The summed E-state index contributed by atoms with van der Waals surface area (Å²) in [7, 11) is 0. The molecule has 4 nitrogen and oxygen atoms in total. The van der Waals surface area contributed by atoms with Gasteiger partial charge in [-0.2, -0.15) is 0 Å². The maximum atomic E-state index is 10.5. The molecule has 0 aromatic heterocycles. The van der Waals surface area contributed by atoms with Crippen LogP contribution in [0, 0.1) is 5.92 Å². The van der Waals surface area contributed by atoms with Crippen LogP contribution in [0.25, 0.3) is 0 Å². The van der Waals surface area contributed by atoms with E-state index in [1.165, 1.54) is 19.3 Å². The van der Waals surface area contributed by atoms with Crippen molar-refractivity contribution >= 4 is 30.5 Å². The Morgan fingerprint density at radius 2 is 1.86 bits per heavy atom. The molecule has 2 N–H and O–H groups in total. The molecule has 1 saturated carbocycles. The molecule has 1 aliphatic carbocycles. The SMILES string of the molecule is O=C(O)C(CC1CCCCC1)=NO.[LiH]. The Kier molecular flexibility index (Phi) is 6.68.